The van der Waals surface area contributed by atoms with Crippen LogP contribution < -0.4 is 20.1 Å². The molecule has 3 heterocycles. The van der Waals surface area contributed by atoms with E-state index in [-0.39, 0.29) is 0 Å². The van der Waals surface area contributed by atoms with Gasteiger partial charge >= 0.3 is 0 Å². The highest BCUT2D eigenvalue weighted by Gasteiger charge is 2.15. The third-order valence-corrected chi connectivity index (χ3v) is 6.26. The van der Waals surface area contributed by atoms with Crippen molar-refractivity contribution in [1.29, 1.82) is 0 Å². The van der Waals surface area contributed by atoms with E-state index in [0.717, 1.165) is 66.2 Å². The molecule has 1 aromatic heterocycles. The molecule has 0 saturated heterocycles. The Hall–Kier alpha value is -3.64. The first-order valence-electron chi connectivity index (χ1n) is 11.0. The Balaban J connectivity index is 1.34. The highest BCUT2D eigenvalue weighted by Crippen LogP contribution is 2.33. The van der Waals surface area contributed by atoms with Gasteiger partial charge in [-0.15, -0.1) is 0 Å². The Kier molecular flexibility index (Phi) is 4.65. The van der Waals surface area contributed by atoms with Gasteiger partial charge in [0.05, 0.1) is 24.9 Å². The number of hydrogen-bond acceptors (Lipinski definition) is 6. The van der Waals surface area contributed by atoms with Gasteiger partial charge in [-0.3, -0.25) is 0 Å². The first-order valence-corrected chi connectivity index (χ1v) is 11.0. The number of fused-ring (bicyclic) bond motifs is 3. The first kappa shape index (κ1) is 19.1. The zero-order chi connectivity index (χ0) is 21.5. The summed E-state index contributed by atoms with van der Waals surface area (Å²) in [7, 11) is 1.70. The van der Waals surface area contributed by atoms with E-state index in [4.69, 9.17) is 14.5 Å². The minimum absolute atomic E-state index is 0.555. The zero-order valence-electron chi connectivity index (χ0n) is 17.9. The summed E-state index contributed by atoms with van der Waals surface area (Å²) in [5, 5.41) is 7.80. The molecule has 0 saturated carbocycles. The number of methoxy groups -OCH3 is 1. The molecule has 0 radical (unpaired) electrons. The highest BCUT2D eigenvalue weighted by atomic mass is 16.5. The predicted octanol–water partition coefficient (Wildman–Crippen LogP) is 4.63. The van der Waals surface area contributed by atoms with Crippen LogP contribution in [0.3, 0.4) is 0 Å². The second-order valence-electron chi connectivity index (χ2n) is 8.26. The average Bonchev–Trinajstić information content (AvgIpc) is 3.31. The molecule has 160 valence electrons. The molecular weight excluding hydrogens is 400 g/mol. The van der Waals surface area contributed by atoms with Gasteiger partial charge in [-0.25, -0.2) is 9.97 Å². The van der Waals surface area contributed by atoms with E-state index in [9.17, 15) is 0 Å². The van der Waals surface area contributed by atoms with Crippen molar-refractivity contribution in [2.24, 2.45) is 0 Å². The SMILES string of the molecule is COc1cc2c(cc1Nc1ncc3ccc(-c4ccc5c(c4)CCO5)cc3n1)CNCC2. The van der Waals surface area contributed by atoms with Crippen molar-refractivity contribution in [3.8, 4) is 22.6 Å². The quantitative estimate of drug-likeness (QED) is 0.498. The number of nitrogens with one attached hydrogen (secondary N) is 2. The van der Waals surface area contributed by atoms with E-state index in [1.807, 2.05) is 6.20 Å². The zero-order valence-corrected chi connectivity index (χ0v) is 17.9. The van der Waals surface area contributed by atoms with Crippen LogP contribution in [0.2, 0.25) is 0 Å². The summed E-state index contributed by atoms with van der Waals surface area (Å²) >= 11 is 0. The van der Waals surface area contributed by atoms with Crippen molar-refractivity contribution in [3.63, 3.8) is 0 Å². The van der Waals surface area contributed by atoms with Gasteiger partial charge in [0.15, 0.2) is 0 Å². The second kappa shape index (κ2) is 7.80. The van der Waals surface area contributed by atoms with Crippen molar-refractivity contribution >= 4 is 22.5 Å². The van der Waals surface area contributed by atoms with Crippen LogP contribution in [0.15, 0.2) is 54.7 Å². The molecule has 0 atom stereocenters. The maximum atomic E-state index is 5.64. The van der Waals surface area contributed by atoms with Crippen LogP contribution in [-0.2, 0) is 19.4 Å². The van der Waals surface area contributed by atoms with Crippen LogP contribution in [-0.4, -0.2) is 30.2 Å². The Bertz CT molecular complexity index is 1340. The number of hydrogen-bond donors (Lipinski definition) is 2. The summed E-state index contributed by atoms with van der Waals surface area (Å²) in [6, 6.07) is 17.0. The lowest BCUT2D eigenvalue weighted by atomic mass is 10.00. The molecule has 0 fully saturated rings. The Morgan fingerprint density at radius 1 is 0.969 bits per heavy atom. The molecule has 6 rings (SSSR count). The second-order valence-corrected chi connectivity index (χ2v) is 8.26. The van der Waals surface area contributed by atoms with Gasteiger partial charge in [0.1, 0.15) is 11.5 Å². The number of rotatable bonds is 4. The molecule has 2 aliphatic heterocycles. The Morgan fingerprint density at radius 3 is 2.81 bits per heavy atom. The fourth-order valence-corrected chi connectivity index (χ4v) is 4.53. The molecule has 3 aromatic carbocycles. The first-order chi connectivity index (χ1) is 15.8. The molecule has 32 heavy (non-hydrogen) atoms. The van der Waals surface area contributed by atoms with E-state index in [2.05, 4.69) is 64.1 Å². The summed E-state index contributed by atoms with van der Waals surface area (Å²) < 4.78 is 11.3. The number of anilines is 2. The maximum absolute atomic E-state index is 5.64. The van der Waals surface area contributed by atoms with Gasteiger partial charge in [-0.1, -0.05) is 18.2 Å². The lowest BCUT2D eigenvalue weighted by molar-refractivity contribution is 0.357. The molecule has 4 aromatic rings. The molecule has 2 N–H and O–H groups in total. The smallest absolute Gasteiger partial charge is 0.227 e. The van der Waals surface area contributed by atoms with Crippen LogP contribution in [0.4, 0.5) is 11.6 Å². The highest BCUT2D eigenvalue weighted by molar-refractivity contribution is 5.85. The van der Waals surface area contributed by atoms with Gasteiger partial charge in [0, 0.05) is 24.5 Å². The van der Waals surface area contributed by atoms with Crippen LogP contribution in [0.1, 0.15) is 16.7 Å². The fourth-order valence-electron chi connectivity index (χ4n) is 4.53. The molecule has 0 amide bonds. The van der Waals surface area contributed by atoms with Gasteiger partial charge in [-0.2, -0.15) is 0 Å². The number of aromatic nitrogens is 2. The van der Waals surface area contributed by atoms with Gasteiger partial charge in [-0.05, 0) is 71.1 Å². The van der Waals surface area contributed by atoms with Crippen LogP contribution >= 0.6 is 0 Å². The minimum atomic E-state index is 0.555. The molecular formula is C26H24N4O2. The van der Waals surface area contributed by atoms with E-state index in [1.54, 1.807) is 7.11 Å². The monoisotopic (exact) mass is 424 g/mol. The molecule has 0 spiro atoms. The average molecular weight is 425 g/mol. The van der Waals surface area contributed by atoms with Crippen LogP contribution in [0.5, 0.6) is 11.5 Å². The third kappa shape index (κ3) is 3.42. The van der Waals surface area contributed by atoms with Gasteiger partial charge in [0.25, 0.3) is 0 Å². The normalized spacial score (nSPS) is 14.5. The summed E-state index contributed by atoms with van der Waals surface area (Å²) in [4.78, 5) is 9.33. The molecule has 0 bridgehead atoms. The lowest BCUT2D eigenvalue weighted by Crippen LogP contribution is -2.23. The van der Waals surface area contributed by atoms with Crippen LogP contribution in [0, 0.1) is 0 Å². The standard InChI is InChI=1S/C26H24N4O2/c1-31-25-13-18-6-8-27-14-21(18)12-23(25)30-26-28-15-20-3-2-17(11-22(20)29-26)16-4-5-24-19(10-16)7-9-32-24/h2-5,10-13,15,27H,6-9,14H2,1H3,(H,28,29,30). The van der Waals surface area contributed by atoms with E-state index in [0.29, 0.717) is 5.95 Å². The molecule has 0 unspecified atom stereocenters. The fraction of sp³-hybridized carbons (Fsp3) is 0.231. The van der Waals surface area contributed by atoms with Gasteiger partial charge < -0.3 is 20.1 Å². The van der Waals surface area contributed by atoms with Crippen molar-refractivity contribution in [1.82, 2.24) is 15.3 Å². The number of benzene rings is 3. The molecule has 6 nitrogen and oxygen atoms in total. The lowest BCUT2D eigenvalue weighted by Gasteiger charge is -2.20. The van der Waals surface area contributed by atoms with Crippen molar-refractivity contribution in [3.05, 3.63) is 71.4 Å². The Labute approximate surface area is 186 Å². The topological polar surface area (TPSA) is 68.3 Å². The largest absolute Gasteiger partial charge is 0.495 e. The van der Waals surface area contributed by atoms with Crippen molar-refractivity contribution in [2.75, 3.05) is 25.6 Å². The predicted molar refractivity (Wildman–Crippen MR) is 126 cm³/mol. The summed E-state index contributed by atoms with van der Waals surface area (Å²) in [5.74, 6) is 2.36. The molecule has 2 aliphatic rings. The summed E-state index contributed by atoms with van der Waals surface area (Å²) in [5.41, 5.74) is 7.96. The van der Waals surface area contributed by atoms with E-state index >= 15 is 0 Å². The third-order valence-electron chi connectivity index (χ3n) is 6.26. The molecule has 6 heteroatoms. The summed E-state index contributed by atoms with van der Waals surface area (Å²) in [6.45, 7) is 2.62. The van der Waals surface area contributed by atoms with Crippen molar-refractivity contribution < 1.29 is 9.47 Å². The Morgan fingerprint density at radius 2 is 1.88 bits per heavy atom. The van der Waals surface area contributed by atoms with E-state index in [1.165, 1.54) is 22.3 Å². The van der Waals surface area contributed by atoms with Crippen LogP contribution in [0.25, 0.3) is 22.0 Å². The van der Waals surface area contributed by atoms with Gasteiger partial charge in [0.2, 0.25) is 5.95 Å². The maximum Gasteiger partial charge on any atom is 0.227 e. The molecule has 0 aliphatic carbocycles. The summed E-state index contributed by atoms with van der Waals surface area (Å²) in [6.07, 6.45) is 3.83. The van der Waals surface area contributed by atoms with Crippen molar-refractivity contribution in [2.45, 2.75) is 19.4 Å². The number of ether oxygens (including phenoxy) is 2. The number of nitrogens with zero attached hydrogens (tertiary/aromatic N) is 2. The van der Waals surface area contributed by atoms with E-state index < -0.39 is 0 Å². The minimum Gasteiger partial charge on any atom is -0.495 e.